The molecule has 2 rings (SSSR count). The lowest BCUT2D eigenvalue weighted by Gasteiger charge is -2.14. The number of carbonyl (C=O) groups excluding carboxylic acids is 2. The summed E-state index contributed by atoms with van der Waals surface area (Å²) in [6, 6.07) is 3.47. The van der Waals surface area contributed by atoms with Crippen LogP contribution in [0.5, 0.6) is 0 Å². The van der Waals surface area contributed by atoms with E-state index in [0.717, 1.165) is 11.8 Å². The number of furan rings is 1. The summed E-state index contributed by atoms with van der Waals surface area (Å²) in [5.74, 6) is 0.0546. The van der Waals surface area contributed by atoms with Crippen molar-refractivity contribution in [1.82, 2.24) is 4.90 Å². The average molecular weight is 325 g/mol. The molecule has 7 heteroatoms. The molecule has 0 unspecified atom stereocenters. The van der Waals surface area contributed by atoms with Crippen molar-refractivity contribution in [3.05, 3.63) is 29.1 Å². The van der Waals surface area contributed by atoms with E-state index in [1.165, 1.54) is 11.2 Å². The number of thioether (sulfide) groups is 1. The van der Waals surface area contributed by atoms with Crippen LogP contribution >= 0.6 is 24.0 Å². The van der Waals surface area contributed by atoms with E-state index in [0.29, 0.717) is 21.6 Å². The highest BCUT2D eigenvalue weighted by atomic mass is 32.2. The molecule has 2 heterocycles. The fourth-order valence-electron chi connectivity index (χ4n) is 1.57. The lowest BCUT2D eigenvalue weighted by Crippen LogP contribution is -2.34. The van der Waals surface area contributed by atoms with Crippen LogP contribution in [0.3, 0.4) is 0 Å². The fourth-order valence-corrected chi connectivity index (χ4v) is 2.81. The number of hydrogen-bond acceptors (Lipinski definition) is 6. The zero-order chi connectivity index (χ0) is 15.4. The van der Waals surface area contributed by atoms with E-state index < -0.39 is 5.97 Å². The Bertz CT molecular complexity index is 578. The molecule has 1 aliphatic rings. The van der Waals surface area contributed by atoms with Crippen molar-refractivity contribution in [1.29, 1.82) is 0 Å². The Labute approximate surface area is 132 Å². The van der Waals surface area contributed by atoms with Crippen LogP contribution in [0.25, 0.3) is 6.08 Å². The first kappa shape index (κ1) is 15.8. The van der Waals surface area contributed by atoms with Crippen LogP contribution < -0.4 is 0 Å². The van der Waals surface area contributed by atoms with Crippen molar-refractivity contribution >= 4 is 46.3 Å². The Hall–Kier alpha value is -1.60. The molecule has 0 aliphatic carbocycles. The normalized spacial score (nSPS) is 17.1. The maximum Gasteiger partial charge on any atom is 0.326 e. The topological polar surface area (TPSA) is 59.8 Å². The summed E-state index contributed by atoms with van der Waals surface area (Å²) < 4.78 is 10.6. The van der Waals surface area contributed by atoms with E-state index >= 15 is 0 Å². The van der Waals surface area contributed by atoms with Gasteiger partial charge >= 0.3 is 5.97 Å². The Morgan fingerprint density at radius 2 is 2.33 bits per heavy atom. The third-order valence-corrected chi connectivity index (χ3v) is 3.93. The summed E-state index contributed by atoms with van der Waals surface area (Å²) in [6.45, 7) is 4.06. The molecular weight excluding hydrogens is 310 g/mol. The van der Waals surface area contributed by atoms with Crippen LogP contribution in [0.1, 0.15) is 19.6 Å². The monoisotopic (exact) mass is 325 g/mol. The molecule has 1 amide bonds. The van der Waals surface area contributed by atoms with Crippen LogP contribution in [0.2, 0.25) is 0 Å². The highest BCUT2D eigenvalue weighted by Crippen LogP contribution is 2.32. The summed E-state index contributed by atoms with van der Waals surface area (Å²) in [7, 11) is 0. The van der Waals surface area contributed by atoms with Gasteiger partial charge in [0.15, 0.2) is 0 Å². The SMILES string of the molecule is CC(C)COC(=O)CN1C(=O)C(=Cc2ccco2)SC1=S. The third-order valence-electron chi connectivity index (χ3n) is 2.55. The smallest absolute Gasteiger partial charge is 0.326 e. The van der Waals surface area contributed by atoms with Gasteiger partial charge in [0.25, 0.3) is 5.91 Å². The Balaban J connectivity index is 2.00. The predicted octanol–water partition coefficient (Wildman–Crippen LogP) is 2.68. The Kier molecular flexibility index (Phi) is 5.19. The number of rotatable bonds is 5. The molecule has 1 aromatic rings. The standard InChI is InChI=1S/C14H15NO4S2/c1-9(2)8-19-12(16)7-15-13(17)11(21-14(15)20)6-10-4-3-5-18-10/h3-6,9H,7-8H2,1-2H3. The van der Waals surface area contributed by atoms with E-state index in [-0.39, 0.29) is 18.4 Å². The van der Waals surface area contributed by atoms with Gasteiger partial charge in [-0.3, -0.25) is 14.5 Å². The van der Waals surface area contributed by atoms with Crippen molar-refractivity contribution < 1.29 is 18.7 Å². The van der Waals surface area contributed by atoms with Crippen molar-refractivity contribution in [3.63, 3.8) is 0 Å². The zero-order valence-corrected chi connectivity index (χ0v) is 13.3. The van der Waals surface area contributed by atoms with E-state index in [1.54, 1.807) is 18.2 Å². The fraction of sp³-hybridized carbons (Fsp3) is 0.357. The summed E-state index contributed by atoms with van der Waals surface area (Å²) in [5.41, 5.74) is 0. The quantitative estimate of drug-likeness (QED) is 0.471. The number of thiocarbonyl (C=S) groups is 1. The molecule has 0 radical (unpaired) electrons. The molecule has 0 saturated carbocycles. The Morgan fingerprint density at radius 1 is 1.57 bits per heavy atom. The van der Waals surface area contributed by atoms with Gasteiger partial charge in [-0.05, 0) is 18.1 Å². The van der Waals surface area contributed by atoms with Gasteiger partial charge in [-0.15, -0.1) is 0 Å². The van der Waals surface area contributed by atoms with Gasteiger partial charge in [0, 0.05) is 6.08 Å². The molecule has 1 aromatic heterocycles. The van der Waals surface area contributed by atoms with Gasteiger partial charge < -0.3 is 9.15 Å². The van der Waals surface area contributed by atoms with Crippen LogP contribution in [0.4, 0.5) is 0 Å². The van der Waals surface area contributed by atoms with Crippen molar-refractivity contribution in [2.24, 2.45) is 5.92 Å². The highest BCUT2D eigenvalue weighted by Gasteiger charge is 2.34. The van der Waals surface area contributed by atoms with E-state index in [1.807, 2.05) is 13.8 Å². The number of nitrogens with zero attached hydrogens (tertiary/aromatic N) is 1. The first-order valence-electron chi connectivity index (χ1n) is 6.42. The molecule has 112 valence electrons. The van der Waals surface area contributed by atoms with E-state index in [4.69, 9.17) is 21.4 Å². The average Bonchev–Trinajstić information content (AvgIpc) is 3.01. The molecule has 0 aromatic carbocycles. The summed E-state index contributed by atoms with van der Waals surface area (Å²) in [4.78, 5) is 25.6. The minimum atomic E-state index is -0.459. The molecule has 21 heavy (non-hydrogen) atoms. The molecule has 1 fully saturated rings. The number of esters is 1. The molecule has 1 saturated heterocycles. The van der Waals surface area contributed by atoms with Crippen molar-refractivity contribution in [2.45, 2.75) is 13.8 Å². The summed E-state index contributed by atoms with van der Waals surface area (Å²) in [5, 5.41) is 0. The molecule has 0 atom stereocenters. The molecule has 1 aliphatic heterocycles. The van der Waals surface area contributed by atoms with Crippen molar-refractivity contribution in [2.75, 3.05) is 13.2 Å². The second-order valence-electron chi connectivity index (χ2n) is 4.86. The molecule has 0 spiro atoms. The maximum atomic E-state index is 12.2. The van der Waals surface area contributed by atoms with Crippen molar-refractivity contribution in [3.8, 4) is 0 Å². The first-order valence-corrected chi connectivity index (χ1v) is 7.64. The van der Waals surface area contributed by atoms with E-state index in [2.05, 4.69) is 0 Å². The number of ether oxygens (including phenoxy) is 1. The lowest BCUT2D eigenvalue weighted by molar-refractivity contribution is -0.147. The molecule has 0 bridgehead atoms. The van der Waals surface area contributed by atoms with Crippen LogP contribution in [0, 0.1) is 5.92 Å². The van der Waals surface area contributed by atoms with Gasteiger partial charge in [-0.25, -0.2) is 0 Å². The third kappa shape index (κ3) is 4.18. The van der Waals surface area contributed by atoms with Gasteiger partial charge in [0.05, 0.1) is 17.8 Å². The number of carbonyl (C=O) groups is 2. The summed E-state index contributed by atoms with van der Waals surface area (Å²) >= 11 is 6.28. The zero-order valence-electron chi connectivity index (χ0n) is 11.7. The highest BCUT2D eigenvalue weighted by molar-refractivity contribution is 8.26. The van der Waals surface area contributed by atoms with Crippen LogP contribution in [0.15, 0.2) is 27.7 Å². The largest absolute Gasteiger partial charge is 0.465 e. The molecule has 5 nitrogen and oxygen atoms in total. The number of hydrogen-bond donors (Lipinski definition) is 0. The van der Waals surface area contributed by atoms with Crippen LogP contribution in [-0.2, 0) is 14.3 Å². The molecular formula is C14H15NO4S2. The first-order chi connectivity index (χ1) is 9.97. The van der Waals surface area contributed by atoms with Gasteiger partial charge in [0.1, 0.15) is 16.6 Å². The second-order valence-corrected chi connectivity index (χ2v) is 6.54. The second kappa shape index (κ2) is 6.91. The molecule has 0 N–H and O–H groups in total. The van der Waals surface area contributed by atoms with Gasteiger partial charge in [0.2, 0.25) is 0 Å². The lowest BCUT2D eigenvalue weighted by atomic mass is 10.2. The van der Waals surface area contributed by atoms with Gasteiger partial charge in [-0.1, -0.05) is 37.8 Å². The van der Waals surface area contributed by atoms with Crippen LogP contribution in [-0.4, -0.2) is 34.2 Å². The minimum Gasteiger partial charge on any atom is -0.465 e. The maximum absolute atomic E-state index is 12.2. The van der Waals surface area contributed by atoms with E-state index in [9.17, 15) is 9.59 Å². The number of amides is 1. The Morgan fingerprint density at radius 3 is 2.95 bits per heavy atom. The van der Waals surface area contributed by atoms with Gasteiger partial charge in [-0.2, -0.15) is 0 Å². The predicted molar refractivity (Wildman–Crippen MR) is 84.4 cm³/mol. The minimum absolute atomic E-state index is 0.160. The summed E-state index contributed by atoms with van der Waals surface area (Å²) in [6.07, 6.45) is 3.13.